The van der Waals surface area contributed by atoms with Gasteiger partial charge in [-0.05, 0) is 105 Å². The fourth-order valence-corrected chi connectivity index (χ4v) is 6.11. The quantitative estimate of drug-likeness (QED) is 0.376. The van der Waals surface area contributed by atoms with E-state index < -0.39 is 0 Å². The molecule has 36 heavy (non-hydrogen) atoms. The number of nitrogens with one attached hydrogen (secondary N) is 2. The minimum Gasteiger partial charge on any atom is -0.355 e. The summed E-state index contributed by atoms with van der Waals surface area (Å²) in [6.45, 7) is 3.29. The molecule has 0 radical (unpaired) electrons. The van der Waals surface area contributed by atoms with E-state index in [2.05, 4.69) is 64.6 Å². The van der Waals surface area contributed by atoms with Gasteiger partial charge in [-0.3, -0.25) is 4.79 Å². The number of rotatable bonds is 6. The van der Waals surface area contributed by atoms with E-state index in [-0.39, 0.29) is 5.91 Å². The van der Waals surface area contributed by atoms with Crippen molar-refractivity contribution in [2.75, 3.05) is 10.6 Å². The Kier molecular flexibility index (Phi) is 6.43. The van der Waals surface area contributed by atoms with Crippen LogP contribution in [0.25, 0.3) is 17.0 Å². The summed E-state index contributed by atoms with van der Waals surface area (Å²) in [5.74, 6) is 0.884. The first-order valence-electron chi connectivity index (χ1n) is 13.8. The van der Waals surface area contributed by atoms with Crippen LogP contribution >= 0.6 is 0 Å². The van der Waals surface area contributed by atoms with Gasteiger partial charge in [0, 0.05) is 46.6 Å². The molecule has 0 spiro atoms. The number of benzene rings is 2. The van der Waals surface area contributed by atoms with Crippen LogP contribution in [0.4, 0.5) is 11.4 Å². The van der Waals surface area contributed by atoms with Gasteiger partial charge in [0.15, 0.2) is 0 Å². The molecule has 2 N–H and O–H groups in total. The van der Waals surface area contributed by atoms with Crippen LogP contribution < -0.4 is 10.6 Å². The number of carbonyl (C=O) groups excluding carboxylic acids is 1. The maximum Gasteiger partial charge on any atom is 0.224 e. The Morgan fingerprint density at radius 2 is 1.89 bits per heavy atom. The molecule has 2 aromatic carbocycles. The van der Waals surface area contributed by atoms with Crippen LogP contribution in [0.15, 0.2) is 59.8 Å². The first kappa shape index (κ1) is 23.1. The molecule has 4 heteroatoms. The normalized spacial score (nSPS) is 18.2. The van der Waals surface area contributed by atoms with Crippen LogP contribution in [0, 0.1) is 12.8 Å². The van der Waals surface area contributed by atoms with Crippen LogP contribution in [0.2, 0.25) is 0 Å². The van der Waals surface area contributed by atoms with Crippen LogP contribution in [0.1, 0.15) is 74.6 Å². The zero-order valence-electron chi connectivity index (χ0n) is 21.4. The molecule has 1 aromatic heterocycles. The number of nitrogens with zero attached hydrogens (tertiary/aromatic N) is 1. The lowest BCUT2D eigenvalue weighted by Gasteiger charge is -2.25. The summed E-state index contributed by atoms with van der Waals surface area (Å²) in [4.78, 5) is 11.9. The predicted octanol–water partition coefficient (Wildman–Crippen LogP) is 7.98. The first-order chi connectivity index (χ1) is 17.6. The summed E-state index contributed by atoms with van der Waals surface area (Å²) >= 11 is 0. The molecule has 2 aliphatic carbocycles. The van der Waals surface area contributed by atoms with E-state index in [9.17, 15) is 4.79 Å². The number of anilines is 2. The zero-order chi connectivity index (χ0) is 24.5. The third-order valence-electron chi connectivity index (χ3n) is 8.33. The molecule has 2 fully saturated rings. The number of fused-ring (bicyclic) bond motifs is 2. The highest BCUT2D eigenvalue weighted by molar-refractivity contribution is 5.95. The third kappa shape index (κ3) is 4.74. The molecule has 4 nitrogen and oxygen atoms in total. The minimum absolute atomic E-state index is 0.109. The number of allylic oxidation sites excluding steroid dienone is 2. The van der Waals surface area contributed by atoms with Crippen molar-refractivity contribution in [2.24, 2.45) is 5.92 Å². The number of aromatic nitrogens is 1. The molecule has 186 valence electrons. The third-order valence-corrected chi connectivity index (χ3v) is 8.33. The molecule has 0 saturated heterocycles. The number of aryl methyl sites for hydroxylation is 1. The maximum absolute atomic E-state index is 11.9. The monoisotopic (exact) mass is 479 g/mol. The standard InChI is InChI=1S/C32H37N3O/c1-22-13-17-31-25(19-22)20-26(35(31)21-23-7-3-2-4-8-23)14-16-28(24-9-5-10-24)33-29-11-6-12-30-27(29)15-18-32(36)34-30/h6,11-14,16-17,19-20,23,33H,2-5,7-10,15,18,21H2,1H3,(H,34,36)/b16-14+. The van der Waals surface area contributed by atoms with E-state index in [4.69, 9.17) is 0 Å². The van der Waals surface area contributed by atoms with Crippen molar-refractivity contribution in [3.63, 3.8) is 0 Å². The Morgan fingerprint density at radius 3 is 2.69 bits per heavy atom. The molecule has 2 saturated carbocycles. The van der Waals surface area contributed by atoms with Crippen molar-refractivity contribution in [1.29, 1.82) is 0 Å². The van der Waals surface area contributed by atoms with Crippen molar-refractivity contribution >= 4 is 34.3 Å². The molecule has 3 aromatic rings. The Balaban J connectivity index is 1.33. The number of hydrogen-bond acceptors (Lipinski definition) is 2. The second kappa shape index (κ2) is 10.0. The summed E-state index contributed by atoms with van der Waals surface area (Å²) in [7, 11) is 0. The molecular weight excluding hydrogens is 442 g/mol. The molecule has 2 heterocycles. The fourth-order valence-electron chi connectivity index (χ4n) is 6.11. The highest BCUT2D eigenvalue weighted by atomic mass is 16.1. The number of carbonyl (C=O) groups is 1. The van der Waals surface area contributed by atoms with Gasteiger partial charge < -0.3 is 15.2 Å². The topological polar surface area (TPSA) is 46.1 Å². The minimum atomic E-state index is 0.109. The van der Waals surface area contributed by atoms with Gasteiger partial charge in [0.2, 0.25) is 5.91 Å². The second-order valence-corrected chi connectivity index (χ2v) is 11.0. The van der Waals surface area contributed by atoms with Crippen LogP contribution in [-0.4, -0.2) is 10.5 Å². The summed E-state index contributed by atoms with van der Waals surface area (Å²) in [6, 6.07) is 15.4. The average molecular weight is 480 g/mol. The average Bonchev–Trinajstić information content (AvgIpc) is 3.18. The number of amides is 1. The summed E-state index contributed by atoms with van der Waals surface area (Å²) < 4.78 is 2.56. The van der Waals surface area contributed by atoms with E-state index in [1.54, 1.807) is 0 Å². The lowest BCUT2D eigenvalue weighted by Crippen LogP contribution is -2.20. The zero-order valence-corrected chi connectivity index (χ0v) is 21.4. The Hall–Kier alpha value is -3.27. The second-order valence-electron chi connectivity index (χ2n) is 11.0. The molecule has 3 aliphatic rings. The van der Waals surface area contributed by atoms with Crippen molar-refractivity contribution in [1.82, 2.24) is 4.57 Å². The van der Waals surface area contributed by atoms with Gasteiger partial charge in [-0.25, -0.2) is 0 Å². The van der Waals surface area contributed by atoms with E-state index >= 15 is 0 Å². The van der Waals surface area contributed by atoms with E-state index in [0.717, 1.165) is 43.1 Å². The van der Waals surface area contributed by atoms with Crippen molar-refractivity contribution in [2.45, 2.75) is 77.7 Å². The summed E-state index contributed by atoms with van der Waals surface area (Å²) in [6.07, 6.45) is 16.4. The van der Waals surface area contributed by atoms with Crippen LogP contribution in [0.5, 0.6) is 0 Å². The van der Waals surface area contributed by atoms with Gasteiger partial charge in [0.1, 0.15) is 0 Å². The van der Waals surface area contributed by atoms with Crippen LogP contribution in [0.3, 0.4) is 0 Å². The molecule has 0 unspecified atom stereocenters. The lowest BCUT2D eigenvalue weighted by atomic mass is 9.89. The van der Waals surface area contributed by atoms with Gasteiger partial charge in [-0.2, -0.15) is 0 Å². The Morgan fingerprint density at radius 1 is 1.03 bits per heavy atom. The van der Waals surface area contributed by atoms with Crippen molar-refractivity contribution in [3.8, 4) is 0 Å². The van der Waals surface area contributed by atoms with Gasteiger partial charge in [0.25, 0.3) is 0 Å². The van der Waals surface area contributed by atoms with Crippen molar-refractivity contribution in [3.05, 3.63) is 76.6 Å². The Labute approximate surface area is 214 Å². The van der Waals surface area contributed by atoms with E-state index in [1.807, 2.05) is 12.1 Å². The molecule has 0 bridgehead atoms. The Bertz CT molecular complexity index is 1350. The number of hydrogen-bond donors (Lipinski definition) is 2. The highest BCUT2D eigenvalue weighted by Crippen LogP contribution is 2.35. The molecule has 6 rings (SSSR count). The SMILES string of the molecule is Cc1ccc2c(c1)cc(/C=C/C(Nc1cccc3c1CCC(=O)N3)=C1CCC1)n2CC1CCCCC1. The summed E-state index contributed by atoms with van der Waals surface area (Å²) in [5, 5.41) is 8.15. The lowest BCUT2D eigenvalue weighted by molar-refractivity contribution is -0.116. The molecule has 1 aliphatic heterocycles. The van der Waals surface area contributed by atoms with Crippen LogP contribution in [-0.2, 0) is 17.8 Å². The maximum atomic E-state index is 11.9. The predicted molar refractivity (Wildman–Crippen MR) is 150 cm³/mol. The van der Waals surface area contributed by atoms with Crippen molar-refractivity contribution < 1.29 is 4.79 Å². The fraction of sp³-hybridized carbons (Fsp3) is 0.406. The van der Waals surface area contributed by atoms with E-state index in [0.29, 0.717) is 6.42 Å². The van der Waals surface area contributed by atoms with E-state index in [1.165, 1.54) is 77.5 Å². The highest BCUT2D eigenvalue weighted by Gasteiger charge is 2.20. The smallest absolute Gasteiger partial charge is 0.224 e. The first-order valence-corrected chi connectivity index (χ1v) is 13.8. The van der Waals surface area contributed by atoms with Gasteiger partial charge in [-0.1, -0.05) is 37.0 Å². The van der Waals surface area contributed by atoms with Gasteiger partial charge in [0.05, 0.1) is 0 Å². The molecule has 1 amide bonds. The molecule has 0 atom stereocenters. The van der Waals surface area contributed by atoms with Gasteiger partial charge >= 0.3 is 0 Å². The summed E-state index contributed by atoms with van der Waals surface area (Å²) in [5.41, 5.74) is 9.95. The van der Waals surface area contributed by atoms with Gasteiger partial charge in [-0.15, -0.1) is 0 Å². The largest absolute Gasteiger partial charge is 0.355 e. The molecular formula is C32H37N3O.